The number of aromatic nitrogens is 3. The maximum Gasteiger partial charge on any atom is 0.203 e. The standard InChI is InChI=1S/C34H23ClFN5S/c35-29-12-6-4-11-27(29)32-33-28(26-10-5-7-13-31(26)41(33)20-22-14-16-24(36)17-15-22)18-25(38-32)19-37-40-34-39-30(21-42-34)23-8-2-1-3-9-23/h1-19,21H,20H2,(H,39,40)/b37-19+. The van der Waals surface area contributed by atoms with Gasteiger partial charge in [0.15, 0.2) is 0 Å². The molecule has 1 N–H and O–H groups in total. The second kappa shape index (κ2) is 11.2. The molecule has 7 aromatic rings. The van der Waals surface area contributed by atoms with Crippen molar-refractivity contribution < 1.29 is 4.39 Å². The minimum Gasteiger partial charge on any atom is -0.334 e. The lowest BCUT2D eigenvalue weighted by molar-refractivity contribution is 0.626. The molecule has 0 atom stereocenters. The van der Waals surface area contributed by atoms with Crippen LogP contribution in [0.5, 0.6) is 0 Å². The Morgan fingerprint density at radius 2 is 1.62 bits per heavy atom. The molecule has 0 amide bonds. The molecule has 0 unspecified atom stereocenters. The number of halogens is 2. The van der Waals surface area contributed by atoms with Crippen LogP contribution in [-0.2, 0) is 6.54 Å². The van der Waals surface area contributed by atoms with Crippen molar-refractivity contribution in [1.82, 2.24) is 14.5 Å². The maximum absolute atomic E-state index is 13.7. The van der Waals surface area contributed by atoms with Crippen molar-refractivity contribution in [2.45, 2.75) is 6.54 Å². The Morgan fingerprint density at radius 1 is 0.857 bits per heavy atom. The highest BCUT2D eigenvalue weighted by atomic mass is 35.5. The molecule has 204 valence electrons. The predicted molar refractivity (Wildman–Crippen MR) is 172 cm³/mol. The highest BCUT2D eigenvalue weighted by Crippen LogP contribution is 2.38. The van der Waals surface area contributed by atoms with Crippen molar-refractivity contribution in [3.63, 3.8) is 0 Å². The second-order valence-corrected chi connectivity index (χ2v) is 11.0. The van der Waals surface area contributed by atoms with Gasteiger partial charge in [0.1, 0.15) is 5.82 Å². The Kier molecular flexibility index (Phi) is 6.95. The van der Waals surface area contributed by atoms with Crippen LogP contribution in [0, 0.1) is 5.82 Å². The summed E-state index contributed by atoms with van der Waals surface area (Å²) in [5, 5.41) is 9.89. The molecule has 3 heterocycles. The number of nitrogens with one attached hydrogen (secondary N) is 1. The first-order chi connectivity index (χ1) is 20.6. The molecule has 0 fully saturated rings. The second-order valence-electron chi connectivity index (χ2n) is 9.78. The zero-order valence-corrected chi connectivity index (χ0v) is 23.8. The Labute approximate surface area is 250 Å². The van der Waals surface area contributed by atoms with Crippen molar-refractivity contribution in [3.8, 4) is 22.5 Å². The van der Waals surface area contributed by atoms with E-state index in [-0.39, 0.29) is 5.82 Å². The molecule has 42 heavy (non-hydrogen) atoms. The van der Waals surface area contributed by atoms with E-state index in [1.54, 1.807) is 6.21 Å². The van der Waals surface area contributed by atoms with E-state index in [9.17, 15) is 4.39 Å². The van der Waals surface area contributed by atoms with Crippen LogP contribution in [0.15, 0.2) is 120 Å². The lowest BCUT2D eigenvalue weighted by Gasteiger charge is -2.13. The molecule has 0 saturated heterocycles. The van der Waals surface area contributed by atoms with Gasteiger partial charge in [-0.25, -0.2) is 14.4 Å². The maximum atomic E-state index is 13.7. The lowest BCUT2D eigenvalue weighted by atomic mass is 10.1. The van der Waals surface area contributed by atoms with E-state index in [0.29, 0.717) is 22.4 Å². The number of anilines is 1. The molecular weight excluding hydrogens is 565 g/mol. The van der Waals surface area contributed by atoms with Crippen molar-refractivity contribution in [1.29, 1.82) is 0 Å². The van der Waals surface area contributed by atoms with Crippen molar-refractivity contribution >= 4 is 56.1 Å². The molecule has 0 aliphatic carbocycles. The molecule has 3 aromatic heterocycles. The zero-order chi connectivity index (χ0) is 28.5. The SMILES string of the molecule is Fc1ccc(Cn2c3ccccc3c3cc(/C=N/Nc4nc(-c5ccccc5)cs4)nc(-c4ccccc4Cl)c32)cc1. The molecule has 8 heteroatoms. The summed E-state index contributed by atoms with van der Waals surface area (Å²) in [7, 11) is 0. The number of benzene rings is 4. The van der Waals surface area contributed by atoms with Gasteiger partial charge in [0, 0.05) is 39.3 Å². The number of hydrogen-bond acceptors (Lipinski definition) is 5. The third-order valence-corrected chi connectivity index (χ3v) is 8.16. The van der Waals surface area contributed by atoms with Crippen LogP contribution in [0.4, 0.5) is 9.52 Å². The molecule has 0 aliphatic heterocycles. The molecule has 0 spiro atoms. The van der Waals surface area contributed by atoms with Gasteiger partial charge < -0.3 is 4.57 Å². The van der Waals surface area contributed by atoms with E-state index in [1.165, 1.54) is 23.5 Å². The van der Waals surface area contributed by atoms with Crippen LogP contribution in [0.1, 0.15) is 11.3 Å². The summed E-state index contributed by atoms with van der Waals surface area (Å²) < 4.78 is 15.9. The van der Waals surface area contributed by atoms with Gasteiger partial charge in [0.25, 0.3) is 0 Å². The van der Waals surface area contributed by atoms with E-state index < -0.39 is 0 Å². The molecule has 0 radical (unpaired) electrons. The normalized spacial score (nSPS) is 11.6. The van der Waals surface area contributed by atoms with Gasteiger partial charge in [-0.2, -0.15) is 5.10 Å². The third kappa shape index (κ3) is 5.04. The minimum absolute atomic E-state index is 0.258. The smallest absolute Gasteiger partial charge is 0.203 e. The van der Waals surface area contributed by atoms with E-state index in [4.69, 9.17) is 16.6 Å². The summed E-state index contributed by atoms with van der Waals surface area (Å²) in [6.45, 7) is 0.548. The first-order valence-electron chi connectivity index (χ1n) is 13.4. The monoisotopic (exact) mass is 587 g/mol. The van der Waals surface area contributed by atoms with Crippen LogP contribution >= 0.6 is 22.9 Å². The number of pyridine rings is 1. The van der Waals surface area contributed by atoms with Gasteiger partial charge in [-0.15, -0.1) is 11.3 Å². The predicted octanol–water partition coefficient (Wildman–Crippen LogP) is 9.27. The Hall–Kier alpha value is -4.85. The summed E-state index contributed by atoms with van der Waals surface area (Å²) >= 11 is 8.22. The minimum atomic E-state index is -0.258. The average Bonchev–Trinajstić information content (AvgIpc) is 3.62. The van der Waals surface area contributed by atoms with Crippen molar-refractivity contribution in [3.05, 3.63) is 137 Å². The first kappa shape index (κ1) is 26.1. The fourth-order valence-electron chi connectivity index (χ4n) is 5.16. The van der Waals surface area contributed by atoms with Gasteiger partial charge in [-0.3, -0.25) is 5.43 Å². The Morgan fingerprint density at radius 3 is 2.45 bits per heavy atom. The van der Waals surface area contributed by atoms with Gasteiger partial charge >= 0.3 is 0 Å². The highest BCUT2D eigenvalue weighted by Gasteiger charge is 2.19. The number of thiazole rings is 1. The largest absolute Gasteiger partial charge is 0.334 e. The van der Waals surface area contributed by atoms with Gasteiger partial charge in [0.05, 0.1) is 33.8 Å². The van der Waals surface area contributed by atoms with Crippen LogP contribution in [0.2, 0.25) is 5.02 Å². The first-order valence-corrected chi connectivity index (χ1v) is 14.6. The van der Waals surface area contributed by atoms with Crippen LogP contribution in [-0.4, -0.2) is 20.7 Å². The zero-order valence-electron chi connectivity index (χ0n) is 22.2. The van der Waals surface area contributed by atoms with E-state index >= 15 is 0 Å². The topological polar surface area (TPSA) is 55.1 Å². The molecule has 4 aromatic carbocycles. The average molecular weight is 588 g/mol. The molecule has 5 nitrogen and oxygen atoms in total. The summed E-state index contributed by atoms with van der Waals surface area (Å²) in [6, 6.07) is 34.6. The van der Waals surface area contributed by atoms with E-state index in [2.05, 4.69) is 32.2 Å². The fraction of sp³-hybridized carbons (Fsp3) is 0.0294. The Bertz CT molecular complexity index is 2070. The highest BCUT2D eigenvalue weighted by molar-refractivity contribution is 7.14. The summed E-state index contributed by atoms with van der Waals surface area (Å²) in [5.74, 6) is -0.258. The molecule has 0 aliphatic rings. The number of hydrogen-bond donors (Lipinski definition) is 1. The summed E-state index contributed by atoms with van der Waals surface area (Å²) in [6.07, 6.45) is 1.70. The van der Waals surface area contributed by atoms with Gasteiger partial charge in [-0.1, -0.05) is 90.5 Å². The lowest BCUT2D eigenvalue weighted by Crippen LogP contribution is -2.03. The molecule has 7 rings (SSSR count). The van der Waals surface area contributed by atoms with E-state index in [1.807, 2.05) is 90.3 Å². The summed E-state index contributed by atoms with van der Waals surface area (Å²) in [5.41, 5.74) is 10.2. The number of para-hydroxylation sites is 1. The van der Waals surface area contributed by atoms with Crippen molar-refractivity contribution in [2.75, 3.05) is 5.43 Å². The molecule has 0 bridgehead atoms. The Balaban J connectivity index is 1.33. The third-order valence-electron chi connectivity index (χ3n) is 7.08. The number of nitrogens with zero attached hydrogens (tertiary/aromatic N) is 4. The molecular formula is C34H23ClFN5S. The van der Waals surface area contributed by atoms with Crippen LogP contribution in [0.25, 0.3) is 44.3 Å². The summed E-state index contributed by atoms with van der Waals surface area (Å²) in [4.78, 5) is 9.71. The van der Waals surface area contributed by atoms with Crippen molar-refractivity contribution in [2.24, 2.45) is 5.10 Å². The number of hydrazone groups is 1. The quantitative estimate of drug-likeness (QED) is 0.149. The van der Waals surface area contributed by atoms with Crippen LogP contribution in [0.3, 0.4) is 0 Å². The molecule has 0 saturated carbocycles. The van der Waals surface area contributed by atoms with Gasteiger partial charge in [0.2, 0.25) is 5.13 Å². The fourth-order valence-corrected chi connectivity index (χ4v) is 6.05. The van der Waals surface area contributed by atoms with Crippen LogP contribution < -0.4 is 5.43 Å². The number of rotatable bonds is 7. The van der Waals surface area contributed by atoms with Gasteiger partial charge in [-0.05, 0) is 35.9 Å². The number of fused-ring (bicyclic) bond motifs is 3. The van der Waals surface area contributed by atoms with E-state index in [0.717, 1.165) is 49.9 Å².